The van der Waals surface area contributed by atoms with E-state index in [0.717, 1.165) is 9.87 Å². The molecule has 0 aliphatic carbocycles. The first-order valence-electron chi connectivity index (χ1n) is 9.75. The molecule has 0 bridgehead atoms. The van der Waals surface area contributed by atoms with E-state index in [4.69, 9.17) is 13.6 Å². The average Bonchev–Trinajstić information content (AvgIpc) is 3.20. The van der Waals surface area contributed by atoms with Crippen LogP contribution in [0, 0.1) is 6.92 Å². The third-order valence-corrected chi connectivity index (χ3v) is 8.44. The van der Waals surface area contributed by atoms with Gasteiger partial charge < -0.3 is 13.6 Å². The van der Waals surface area contributed by atoms with Gasteiger partial charge in [0.1, 0.15) is 5.69 Å². The second-order valence-electron chi connectivity index (χ2n) is 6.67. The largest absolute Gasteiger partial charge is 0.369 e. The summed E-state index contributed by atoms with van der Waals surface area (Å²) >= 11 is 0. The van der Waals surface area contributed by atoms with Crippen LogP contribution in [0.1, 0.15) is 19.4 Å². The molecule has 2 aromatic carbocycles. The minimum Gasteiger partial charge on any atom is -0.336 e. The highest BCUT2D eigenvalue weighted by Crippen LogP contribution is 2.52. The number of nitrogens with zero attached hydrogens (tertiary/aromatic N) is 2. The summed E-state index contributed by atoms with van der Waals surface area (Å²) in [6.07, 6.45) is 0. The van der Waals surface area contributed by atoms with Crippen LogP contribution in [0.3, 0.4) is 0 Å². The van der Waals surface area contributed by atoms with Crippen LogP contribution < -0.4 is 9.61 Å². The number of sulfonamides is 1. The summed E-state index contributed by atoms with van der Waals surface area (Å²) < 4.78 is 57.6. The van der Waals surface area contributed by atoms with Gasteiger partial charge in [0, 0.05) is 12.6 Å². The molecule has 10 heteroatoms. The van der Waals surface area contributed by atoms with Crippen LogP contribution in [0.15, 0.2) is 64.0 Å². The molecule has 1 aromatic heterocycles. The Balaban J connectivity index is 2.22. The van der Waals surface area contributed by atoms with Crippen molar-refractivity contribution < 1.29 is 26.6 Å². The minimum atomic E-state index is -4.02. The Kier molecular flexibility index (Phi) is 7.01. The molecule has 8 nitrogen and oxygen atoms in total. The molecule has 31 heavy (non-hydrogen) atoms. The Bertz CT molecular complexity index is 1170. The summed E-state index contributed by atoms with van der Waals surface area (Å²) in [6.45, 7) is 5.39. The molecule has 0 aliphatic rings. The van der Waals surface area contributed by atoms with Crippen LogP contribution in [0.25, 0.3) is 11.3 Å². The molecular formula is C21H25N2O6PS. The second-order valence-corrected chi connectivity index (χ2v) is 10.6. The summed E-state index contributed by atoms with van der Waals surface area (Å²) in [5, 5.41) is 4.02. The molecule has 0 amide bonds. The van der Waals surface area contributed by atoms with Crippen molar-refractivity contribution in [2.24, 2.45) is 0 Å². The topological polar surface area (TPSA) is 98.9 Å². The molecule has 3 rings (SSSR count). The van der Waals surface area contributed by atoms with Crippen molar-refractivity contribution in [3.63, 3.8) is 0 Å². The number of rotatable bonds is 9. The minimum absolute atomic E-state index is 0.0272. The number of aryl methyl sites for hydroxylation is 1. The van der Waals surface area contributed by atoms with Crippen LogP contribution in [-0.4, -0.2) is 33.8 Å². The summed E-state index contributed by atoms with van der Waals surface area (Å²) in [6, 6.07) is 15.3. The van der Waals surface area contributed by atoms with Gasteiger partial charge in [0.2, 0.25) is 0 Å². The highest BCUT2D eigenvalue weighted by Gasteiger charge is 2.41. The Hall–Kier alpha value is -2.45. The maximum atomic E-state index is 13.7. The molecule has 0 radical (unpaired) electrons. The highest BCUT2D eigenvalue weighted by atomic mass is 32.2. The monoisotopic (exact) mass is 464 g/mol. The van der Waals surface area contributed by atoms with Crippen LogP contribution >= 0.6 is 7.60 Å². The van der Waals surface area contributed by atoms with Crippen LogP contribution in [0.5, 0.6) is 0 Å². The van der Waals surface area contributed by atoms with E-state index < -0.39 is 17.6 Å². The number of anilines is 1. The fourth-order valence-corrected chi connectivity index (χ4v) is 6.07. The molecule has 0 saturated carbocycles. The molecule has 1 heterocycles. The lowest BCUT2D eigenvalue weighted by atomic mass is 10.1. The van der Waals surface area contributed by atoms with Crippen molar-refractivity contribution in [1.82, 2.24) is 5.16 Å². The summed E-state index contributed by atoms with van der Waals surface area (Å²) in [7, 11) is -6.66. The average molecular weight is 464 g/mol. The van der Waals surface area contributed by atoms with E-state index in [-0.39, 0.29) is 35.0 Å². The standard InChI is InChI=1S/C21H25N2O6PS/c1-5-27-30(24,28-6-2)20-19(17-10-8-7-9-11-17)22-29-21(20)23(4)31(25,26)18-14-12-16(3)13-15-18/h7-15H,5-6H2,1-4H3. The van der Waals surface area contributed by atoms with Crippen molar-refractivity contribution >= 4 is 28.8 Å². The maximum absolute atomic E-state index is 13.7. The number of hydrogen-bond acceptors (Lipinski definition) is 7. The Morgan fingerprint density at radius 2 is 1.58 bits per heavy atom. The molecule has 0 unspecified atom stereocenters. The molecule has 0 saturated heterocycles. The van der Waals surface area contributed by atoms with E-state index in [1.807, 2.05) is 13.0 Å². The van der Waals surface area contributed by atoms with E-state index in [2.05, 4.69) is 5.16 Å². The van der Waals surface area contributed by atoms with Gasteiger partial charge in [-0.2, -0.15) is 0 Å². The Labute approximate surface area is 182 Å². The summed E-state index contributed by atoms with van der Waals surface area (Å²) in [5.74, 6) is -0.218. The van der Waals surface area contributed by atoms with Crippen molar-refractivity contribution in [3.8, 4) is 11.3 Å². The second kappa shape index (κ2) is 9.36. The van der Waals surface area contributed by atoms with E-state index in [9.17, 15) is 13.0 Å². The molecule has 0 fully saturated rings. The molecule has 0 N–H and O–H groups in total. The van der Waals surface area contributed by atoms with Gasteiger partial charge in [0.05, 0.1) is 18.1 Å². The van der Waals surface area contributed by atoms with Gasteiger partial charge >= 0.3 is 7.60 Å². The first-order chi connectivity index (χ1) is 14.7. The van der Waals surface area contributed by atoms with E-state index in [1.165, 1.54) is 19.2 Å². The van der Waals surface area contributed by atoms with Crippen molar-refractivity contribution in [3.05, 3.63) is 60.2 Å². The van der Waals surface area contributed by atoms with E-state index in [0.29, 0.717) is 5.56 Å². The summed E-state index contributed by atoms with van der Waals surface area (Å²) in [4.78, 5) is 0.0619. The van der Waals surface area contributed by atoms with Gasteiger partial charge in [-0.15, -0.1) is 0 Å². The number of aromatic nitrogens is 1. The van der Waals surface area contributed by atoms with E-state index in [1.54, 1.807) is 50.2 Å². The molecular weight excluding hydrogens is 439 g/mol. The highest BCUT2D eigenvalue weighted by molar-refractivity contribution is 7.92. The van der Waals surface area contributed by atoms with Crippen molar-refractivity contribution in [1.29, 1.82) is 0 Å². The fraction of sp³-hybridized carbons (Fsp3) is 0.286. The predicted molar refractivity (Wildman–Crippen MR) is 119 cm³/mol. The Morgan fingerprint density at radius 3 is 2.13 bits per heavy atom. The summed E-state index contributed by atoms with van der Waals surface area (Å²) in [5.41, 5.74) is 1.71. The third kappa shape index (κ3) is 4.60. The van der Waals surface area contributed by atoms with Gasteiger partial charge in [-0.05, 0) is 32.9 Å². The Morgan fingerprint density at radius 1 is 1.00 bits per heavy atom. The van der Waals surface area contributed by atoms with Crippen LogP contribution in [-0.2, 0) is 23.6 Å². The predicted octanol–water partition coefficient (Wildman–Crippen LogP) is 4.37. The molecule has 166 valence electrons. The van der Waals surface area contributed by atoms with Gasteiger partial charge in [-0.1, -0.05) is 53.2 Å². The molecule has 0 aliphatic heterocycles. The number of benzene rings is 2. The first-order valence-corrected chi connectivity index (χ1v) is 12.7. The smallest absolute Gasteiger partial charge is 0.336 e. The zero-order valence-electron chi connectivity index (χ0n) is 17.8. The molecule has 3 aromatic rings. The van der Waals surface area contributed by atoms with E-state index >= 15 is 0 Å². The zero-order chi connectivity index (χ0) is 22.6. The quantitative estimate of drug-likeness (QED) is 0.434. The van der Waals surface area contributed by atoms with Crippen molar-refractivity contribution in [2.45, 2.75) is 25.7 Å². The first kappa shape index (κ1) is 23.2. The zero-order valence-corrected chi connectivity index (χ0v) is 19.5. The van der Waals surface area contributed by atoms with Gasteiger partial charge in [0.15, 0.2) is 5.30 Å². The lowest BCUT2D eigenvalue weighted by Gasteiger charge is -2.21. The fourth-order valence-electron chi connectivity index (χ4n) is 3.00. The van der Waals surface area contributed by atoms with Gasteiger partial charge in [0.25, 0.3) is 15.9 Å². The van der Waals surface area contributed by atoms with Crippen LogP contribution in [0.2, 0.25) is 0 Å². The lowest BCUT2D eigenvalue weighted by Crippen LogP contribution is -2.30. The number of hydrogen-bond donors (Lipinski definition) is 0. The third-order valence-electron chi connectivity index (χ3n) is 4.53. The van der Waals surface area contributed by atoms with Gasteiger partial charge in [-0.3, -0.25) is 4.57 Å². The normalized spacial score (nSPS) is 12.1. The van der Waals surface area contributed by atoms with Crippen LogP contribution in [0.4, 0.5) is 5.88 Å². The molecule has 0 atom stereocenters. The maximum Gasteiger partial charge on any atom is 0.369 e. The molecule has 0 spiro atoms. The lowest BCUT2D eigenvalue weighted by molar-refractivity contribution is 0.230. The van der Waals surface area contributed by atoms with Crippen molar-refractivity contribution in [2.75, 3.05) is 24.6 Å². The SMILES string of the molecule is CCOP(=O)(OCC)c1c(-c2ccccc2)noc1N(C)S(=O)(=O)c1ccc(C)cc1. The van der Waals surface area contributed by atoms with Gasteiger partial charge in [-0.25, -0.2) is 12.7 Å².